The molecule has 0 bridgehead atoms. The Morgan fingerprint density at radius 3 is 2.05 bits per heavy atom. The first kappa shape index (κ1) is 12.8. The van der Waals surface area contributed by atoms with Crippen LogP contribution in [0.1, 0.15) is 6.04 Å². The summed E-state index contributed by atoms with van der Waals surface area (Å²) in [5, 5.41) is 22.6. The molecule has 0 unspecified atom stereocenters. The second kappa shape index (κ2) is 4.84. The average Bonchev–Trinajstić information content (AvgIpc) is 2.85. The van der Waals surface area contributed by atoms with E-state index >= 15 is 0 Å². The Bertz CT molecular complexity index is 742. The summed E-state index contributed by atoms with van der Waals surface area (Å²) < 4.78 is 7.55. The van der Waals surface area contributed by atoms with E-state index in [-0.39, 0.29) is 12.6 Å². The molecule has 1 saturated heterocycles. The lowest BCUT2D eigenvalue weighted by Crippen LogP contribution is -2.44. The summed E-state index contributed by atoms with van der Waals surface area (Å²) in [5.74, 6) is 0. The highest BCUT2D eigenvalue weighted by Gasteiger charge is 2.34. The highest BCUT2D eigenvalue weighted by atomic mass is 16.5. The molecule has 3 atom stereocenters. The van der Waals surface area contributed by atoms with Crippen LogP contribution in [0.15, 0.2) is 48.5 Å². The molecule has 2 heterocycles. The lowest BCUT2D eigenvalue weighted by atomic mass is 10.0. The number of para-hydroxylation sites is 2. The number of fused-ring (bicyclic) bond motifs is 3. The Morgan fingerprint density at radius 2 is 1.43 bits per heavy atom. The molecular formula is C17H17NO3. The van der Waals surface area contributed by atoms with Crippen molar-refractivity contribution in [1.82, 2.24) is 4.57 Å². The monoisotopic (exact) mass is 283 g/mol. The maximum atomic E-state index is 10.4. The quantitative estimate of drug-likeness (QED) is 0.719. The van der Waals surface area contributed by atoms with Gasteiger partial charge in [0.05, 0.1) is 19.3 Å². The Labute approximate surface area is 122 Å². The van der Waals surface area contributed by atoms with E-state index in [4.69, 9.17) is 4.74 Å². The second-order valence-corrected chi connectivity index (χ2v) is 5.57. The van der Waals surface area contributed by atoms with Gasteiger partial charge < -0.3 is 19.5 Å². The van der Waals surface area contributed by atoms with Gasteiger partial charge in [-0.1, -0.05) is 36.4 Å². The summed E-state index contributed by atoms with van der Waals surface area (Å²) >= 11 is 0. The van der Waals surface area contributed by atoms with E-state index in [1.807, 2.05) is 36.4 Å². The van der Waals surface area contributed by atoms with Gasteiger partial charge in [-0.05, 0) is 12.1 Å². The van der Waals surface area contributed by atoms with Crippen LogP contribution in [0, 0.1) is 0 Å². The Morgan fingerprint density at radius 1 is 0.857 bits per heavy atom. The highest BCUT2D eigenvalue weighted by molar-refractivity contribution is 6.08. The standard InChI is InChI=1S/C17H17NO3/c19-16-10-21-9-15(17(16)20)18-13-7-3-1-5-11(13)12-6-2-4-8-14(12)18/h1-8,15-17,19-20H,9-10H2/t15-,16-,17+/m0/s1. The van der Waals surface area contributed by atoms with Gasteiger partial charge in [-0.2, -0.15) is 0 Å². The van der Waals surface area contributed by atoms with E-state index in [1.165, 1.54) is 0 Å². The van der Waals surface area contributed by atoms with Crippen LogP contribution in [0.25, 0.3) is 21.8 Å². The molecule has 3 aromatic rings. The van der Waals surface area contributed by atoms with Gasteiger partial charge in [0.25, 0.3) is 0 Å². The Balaban J connectivity index is 2.01. The molecule has 4 rings (SSSR count). The van der Waals surface area contributed by atoms with Crippen molar-refractivity contribution in [2.45, 2.75) is 18.2 Å². The van der Waals surface area contributed by atoms with Crippen molar-refractivity contribution in [3.05, 3.63) is 48.5 Å². The minimum absolute atomic E-state index is 0.189. The van der Waals surface area contributed by atoms with Crippen molar-refractivity contribution in [3.8, 4) is 0 Å². The fourth-order valence-corrected chi connectivity index (χ4v) is 3.30. The van der Waals surface area contributed by atoms with Crippen LogP contribution in [0.5, 0.6) is 0 Å². The zero-order chi connectivity index (χ0) is 14.4. The first-order valence-corrected chi connectivity index (χ1v) is 7.19. The molecule has 0 saturated carbocycles. The van der Waals surface area contributed by atoms with Crippen LogP contribution in [0.2, 0.25) is 0 Å². The first-order valence-electron chi connectivity index (χ1n) is 7.19. The number of hydrogen-bond acceptors (Lipinski definition) is 3. The smallest absolute Gasteiger partial charge is 0.105 e. The Hall–Kier alpha value is -1.88. The minimum atomic E-state index is -0.844. The van der Waals surface area contributed by atoms with Crippen LogP contribution >= 0.6 is 0 Å². The summed E-state index contributed by atoms with van der Waals surface area (Å²) in [7, 11) is 0. The number of nitrogens with zero attached hydrogens (tertiary/aromatic N) is 1. The number of rotatable bonds is 1. The molecule has 0 aliphatic carbocycles. The van der Waals surface area contributed by atoms with E-state index in [1.54, 1.807) is 0 Å². The lowest BCUT2D eigenvalue weighted by molar-refractivity contribution is -0.113. The predicted molar refractivity (Wildman–Crippen MR) is 81.3 cm³/mol. The zero-order valence-corrected chi connectivity index (χ0v) is 11.5. The maximum Gasteiger partial charge on any atom is 0.105 e. The van der Waals surface area contributed by atoms with E-state index in [0.29, 0.717) is 6.61 Å². The molecule has 0 spiro atoms. The summed E-state index contributed by atoms with van der Waals surface area (Å²) in [6, 6.07) is 16.0. The van der Waals surface area contributed by atoms with Crippen molar-refractivity contribution < 1.29 is 14.9 Å². The highest BCUT2D eigenvalue weighted by Crippen LogP contribution is 2.34. The van der Waals surface area contributed by atoms with Crippen molar-refractivity contribution in [3.63, 3.8) is 0 Å². The molecule has 2 aromatic carbocycles. The number of aromatic nitrogens is 1. The van der Waals surface area contributed by atoms with Crippen molar-refractivity contribution >= 4 is 21.8 Å². The molecule has 21 heavy (non-hydrogen) atoms. The van der Waals surface area contributed by atoms with Gasteiger partial charge in [0, 0.05) is 21.8 Å². The van der Waals surface area contributed by atoms with E-state index in [0.717, 1.165) is 21.8 Å². The summed E-state index contributed by atoms with van der Waals surface area (Å²) in [6.45, 7) is 0.593. The van der Waals surface area contributed by atoms with Crippen LogP contribution < -0.4 is 0 Å². The van der Waals surface area contributed by atoms with Gasteiger partial charge in [-0.3, -0.25) is 0 Å². The summed E-state index contributed by atoms with van der Waals surface area (Å²) in [4.78, 5) is 0. The van der Waals surface area contributed by atoms with Crippen molar-refractivity contribution in [2.75, 3.05) is 13.2 Å². The van der Waals surface area contributed by atoms with Gasteiger partial charge in [0.1, 0.15) is 12.2 Å². The van der Waals surface area contributed by atoms with Gasteiger partial charge in [-0.25, -0.2) is 0 Å². The zero-order valence-electron chi connectivity index (χ0n) is 11.5. The van der Waals surface area contributed by atoms with E-state index in [9.17, 15) is 10.2 Å². The van der Waals surface area contributed by atoms with Gasteiger partial charge in [0.15, 0.2) is 0 Å². The number of ether oxygens (including phenoxy) is 1. The van der Waals surface area contributed by atoms with Crippen LogP contribution in [-0.4, -0.2) is 40.2 Å². The molecule has 1 fully saturated rings. The molecular weight excluding hydrogens is 266 g/mol. The largest absolute Gasteiger partial charge is 0.388 e. The number of benzene rings is 2. The van der Waals surface area contributed by atoms with Gasteiger partial charge >= 0.3 is 0 Å². The third-order valence-electron chi connectivity index (χ3n) is 4.31. The van der Waals surface area contributed by atoms with Crippen LogP contribution in [-0.2, 0) is 4.74 Å². The topological polar surface area (TPSA) is 54.6 Å². The fourth-order valence-electron chi connectivity index (χ4n) is 3.30. The number of aliphatic hydroxyl groups is 2. The number of aliphatic hydroxyl groups excluding tert-OH is 2. The van der Waals surface area contributed by atoms with Crippen LogP contribution in [0.3, 0.4) is 0 Å². The average molecular weight is 283 g/mol. The lowest BCUT2D eigenvalue weighted by Gasteiger charge is -2.33. The molecule has 4 heteroatoms. The van der Waals surface area contributed by atoms with E-state index < -0.39 is 12.2 Å². The molecule has 0 amide bonds. The van der Waals surface area contributed by atoms with Crippen molar-refractivity contribution in [1.29, 1.82) is 0 Å². The molecule has 2 N–H and O–H groups in total. The predicted octanol–water partition coefficient (Wildman–Crippen LogP) is 2.09. The van der Waals surface area contributed by atoms with Crippen molar-refractivity contribution in [2.24, 2.45) is 0 Å². The third kappa shape index (κ3) is 1.87. The summed E-state index contributed by atoms with van der Waals surface area (Å²) in [6.07, 6.45) is -1.67. The molecule has 108 valence electrons. The van der Waals surface area contributed by atoms with Gasteiger partial charge in [-0.15, -0.1) is 0 Å². The molecule has 0 radical (unpaired) electrons. The normalized spacial score (nSPS) is 26.5. The number of hydrogen-bond donors (Lipinski definition) is 2. The second-order valence-electron chi connectivity index (χ2n) is 5.57. The third-order valence-corrected chi connectivity index (χ3v) is 4.31. The van der Waals surface area contributed by atoms with Gasteiger partial charge in [0.2, 0.25) is 0 Å². The molecule has 4 nitrogen and oxygen atoms in total. The maximum absolute atomic E-state index is 10.4. The van der Waals surface area contributed by atoms with E-state index in [2.05, 4.69) is 16.7 Å². The minimum Gasteiger partial charge on any atom is -0.388 e. The fraction of sp³-hybridized carbons (Fsp3) is 0.294. The molecule has 1 aliphatic heterocycles. The SMILES string of the molecule is O[C@H]1[C@@H](O)COC[C@@H]1n1c2ccccc2c2ccccc21. The molecule has 1 aliphatic rings. The van der Waals surface area contributed by atoms with Crippen LogP contribution in [0.4, 0.5) is 0 Å². The molecule has 1 aromatic heterocycles. The first-order chi connectivity index (χ1) is 10.3. The summed E-state index contributed by atoms with van der Waals surface area (Å²) in [5.41, 5.74) is 2.11. The Kier molecular flexibility index (Phi) is 2.96.